The minimum atomic E-state index is -1.45. The summed E-state index contributed by atoms with van der Waals surface area (Å²) in [5, 5.41) is 12.7. The zero-order chi connectivity index (χ0) is 19.4. The lowest BCUT2D eigenvalue weighted by Gasteiger charge is -2.13. The molecule has 1 aromatic heterocycles. The van der Waals surface area contributed by atoms with E-state index < -0.39 is 17.8 Å². The summed E-state index contributed by atoms with van der Waals surface area (Å²) in [6.45, 7) is 1.76. The Kier molecular flexibility index (Phi) is 5.35. The predicted octanol–water partition coefficient (Wildman–Crippen LogP) is 4.15. The molecule has 8 heteroatoms. The quantitative estimate of drug-likeness (QED) is 0.656. The molecule has 0 atom stereocenters. The molecule has 2 aromatic carbocycles. The number of aryl methyl sites for hydroxylation is 1. The maximum atomic E-state index is 13.8. The largest absolute Gasteiger partial charge is 0.512 e. The minimum Gasteiger partial charge on any atom is -0.488 e. The number of rotatable bonds is 6. The Balaban J connectivity index is 1.78. The first-order valence-corrected chi connectivity index (χ1v) is 8.03. The van der Waals surface area contributed by atoms with Gasteiger partial charge in [0.15, 0.2) is 0 Å². The summed E-state index contributed by atoms with van der Waals surface area (Å²) in [4.78, 5) is 10.6. The highest BCUT2D eigenvalue weighted by molar-refractivity contribution is 5.60. The van der Waals surface area contributed by atoms with E-state index in [9.17, 15) is 13.6 Å². The fraction of sp³-hybridized carbons (Fsp3) is 0.158. The molecule has 1 N–H and O–H groups in total. The zero-order valence-corrected chi connectivity index (χ0v) is 14.4. The predicted molar refractivity (Wildman–Crippen MR) is 91.9 cm³/mol. The van der Waals surface area contributed by atoms with Crippen molar-refractivity contribution in [2.24, 2.45) is 0 Å². The Bertz CT molecular complexity index is 952. The van der Waals surface area contributed by atoms with Crippen LogP contribution in [0.1, 0.15) is 16.8 Å². The summed E-state index contributed by atoms with van der Waals surface area (Å²) in [6.07, 6.45) is -1.45. The molecule has 3 rings (SSSR count). The smallest absolute Gasteiger partial charge is 0.488 e. The standard InChI is InChI=1S/C19H16F2N2O4/c1-12-9-18(27-19(24)25)22-23(12)10-13-5-2-3-8-17(13)26-11-14-15(20)6-4-7-16(14)21/h2-9H,10-11H2,1H3,(H,24,25). The minimum absolute atomic E-state index is 0.0353. The third-order valence-electron chi connectivity index (χ3n) is 3.88. The van der Waals surface area contributed by atoms with Gasteiger partial charge in [0.2, 0.25) is 5.88 Å². The van der Waals surface area contributed by atoms with Crippen LogP contribution in [-0.4, -0.2) is 21.0 Å². The van der Waals surface area contributed by atoms with Crippen molar-refractivity contribution in [2.45, 2.75) is 20.1 Å². The molecule has 0 aliphatic heterocycles. The molecule has 0 radical (unpaired) electrons. The van der Waals surface area contributed by atoms with Crippen molar-refractivity contribution in [1.29, 1.82) is 0 Å². The van der Waals surface area contributed by atoms with E-state index in [1.54, 1.807) is 35.9 Å². The van der Waals surface area contributed by atoms with Gasteiger partial charge in [0.05, 0.1) is 12.1 Å². The zero-order valence-electron chi connectivity index (χ0n) is 14.4. The first-order valence-electron chi connectivity index (χ1n) is 8.03. The van der Waals surface area contributed by atoms with Crippen molar-refractivity contribution >= 4 is 6.16 Å². The van der Waals surface area contributed by atoms with E-state index in [-0.39, 0.29) is 24.6 Å². The Morgan fingerprint density at radius 1 is 1.15 bits per heavy atom. The first kappa shape index (κ1) is 18.4. The monoisotopic (exact) mass is 374 g/mol. The number of benzene rings is 2. The summed E-state index contributed by atoms with van der Waals surface area (Å²) in [7, 11) is 0. The van der Waals surface area contributed by atoms with Gasteiger partial charge in [-0.25, -0.2) is 13.6 Å². The van der Waals surface area contributed by atoms with Gasteiger partial charge in [-0.1, -0.05) is 24.3 Å². The van der Waals surface area contributed by atoms with Crippen molar-refractivity contribution in [1.82, 2.24) is 9.78 Å². The number of nitrogens with zero attached hydrogens (tertiary/aromatic N) is 2. The van der Waals surface area contributed by atoms with E-state index in [1.807, 2.05) is 0 Å². The fourth-order valence-electron chi connectivity index (χ4n) is 2.54. The van der Waals surface area contributed by atoms with Crippen LogP contribution >= 0.6 is 0 Å². The van der Waals surface area contributed by atoms with E-state index in [2.05, 4.69) is 9.84 Å². The highest BCUT2D eigenvalue weighted by atomic mass is 19.1. The van der Waals surface area contributed by atoms with Crippen LogP contribution < -0.4 is 9.47 Å². The molecule has 0 aliphatic rings. The summed E-state index contributed by atoms with van der Waals surface area (Å²) in [6, 6.07) is 12.1. The van der Waals surface area contributed by atoms with Crippen molar-refractivity contribution in [3.63, 3.8) is 0 Å². The molecular formula is C19H16F2N2O4. The highest BCUT2D eigenvalue weighted by Gasteiger charge is 2.13. The molecular weight excluding hydrogens is 358 g/mol. The van der Waals surface area contributed by atoms with Gasteiger partial charge in [0, 0.05) is 17.3 Å². The summed E-state index contributed by atoms with van der Waals surface area (Å²) < 4.78 is 39.2. The van der Waals surface area contributed by atoms with Crippen LogP contribution in [0.4, 0.5) is 13.6 Å². The Labute approximate surface area is 153 Å². The summed E-state index contributed by atoms with van der Waals surface area (Å²) >= 11 is 0. The number of carbonyl (C=O) groups is 1. The van der Waals surface area contributed by atoms with Gasteiger partial charge in [-0.3, -0.25) is 4.68 Å². The fourth-order valence-corrected chi connectivity index (χ4v) is 2.54. The molecule has 0 spiro atoms. The van der Waals surface area contributed by atoms with Crippen LogP contribution in [0.5, 0.6) is 11.6 Å². The molecule has 140 valence electrons. The summed E-state index contributed by atoms with van der Waals surface area (Å²) in [5.74, 6) is -0.945. The number of carboxylic acid groups (broad SMARTS) is 1. The van der Waals surface area contributed by atoms with Gasteiger partial charge in [0.1, 0.15) is 24.0 Å². The van der Waals surface area contributed by atoms with Crippen LogP contribution in [0, 0.1) is 18.6 Å². The lowest BCUT2D eigenvalue weighted by molar-refractivity contribution is 0.142. The van der Waals surface area contributed by atoms with Crippen LogP contribution in [-0.2, 0) is 13.2 Å². The van der Waals surface area contributed by atoms with E-state index in [1.165, 1.54) is 24.3 Å². The topological polar surface area (TPSA) is 73.6 Å². The van der Waals surface area contributed by atoms with Crippen molar-refractivity contribution in [3.05, 3.63) is 77.0 Å². The molecule has 0 bridgehead atoms. The molecule has 0 saturated heterocycles. The van der Waals surface area contributed by atoms with Gasteiger partial charge < -0.3 is 14.6 Å². The lowest BCUT2D eigenvalue weighted by atomic mass is 10.2. The third-order valence-corrected chi connectivity index (χ3v) is 3.88. The average Bonchev–Trinajstić information content (AvgIpc) is 2.94. The molecule has 0 aliphatic carbocycles. The third kappa shape index (κ3) is 4.41. The van der Waals surface area contributed by atoms with E-state index >= 15 is 0 Å². The second-order valence-electron chi connectivity index (χ2n) is 5.75. The number of hydrogen-bond acceptors (Lipinski definition) is 4. The Hall–Kier alpha value is -3.42. The number of hydrogen-bond donors (Lipinski definition) is 1. The van der Waals surface area contributed by atoms with Crippen molar-refractivity contribution in [2.75, 3.05) is 0 Å². The van der Waals surface area contributed by atoms with Crippen LogP contribution in [0.25, 0.3) is 0 Å². The Morgan fingerprint density at radius 3 is 2.56 bits per heavy atom. The van der Waals surface area contributed by atoms with Crippen molar-refractivity contribution in [3.8, 4) is 11.6 Å². The second-order valence-corrected chi connectivity index (χ2v) is 5.75. The number of aromatic nitrogens is 2. The molecule has 3 aromatic rings. The number of halogens is 2. The van der Waals surface area contributed by atoms with E-state index in [0.29, 0.717) is 17.0 Å². The van der Waals surface area contributed by atoms with Crippen LogP contribution in [0.15, 0.2) is 48.5 Å². The maximum Gasteiger partial charge on any atom is 0.512 e. The molecule has 6 nitrogen and oxygen atoms in total. The molecule has 27 heavy (non-hydrogen) atoms. The molecule has 0 fully saturated rings. The molecule has 0 unspecified atom stereocenters. The maximum absolute atomic E-state index is 13.8. The van der Waals surface area contributed by atoms with Gasteiger partial charge in [-0.15, -0.1) is 5.10 Å². The lowest BCUT2D eigenvalue weighted by Crippen LogP contribution is -2.08. The van der Waals surface area contributed by atoms with Crippen molar-refractivity contribution < 1.29 is 28.2 Å². The average molecular weight is 374 g/mol. The van der Waals surface area contributed by atoms with Gasteiger partial charge in [-0.2, -0.15) is 0 Å². The normalized spacial score (nSPS) is 10.6. The van der Waals surface area contributed by atoms with Gasteiger partial charge in [-0.05, 0) is 25.1 Å². The van der Waals surface area contributed by atoms with E-state index in [4.69, 9.17) is 9.84 Å². The number of para-hydroxylation sites is 1. The van der Waals surface area contributed by atoms with Gasteiger partial charge in [0.25, 0.3) is 0 Å². The SMILES string of the molecule is Cc1cc(OC(=O)O)nn1Cc1ccccc1OCc1c(F)cccc1F. The second kappa shape index (κ2) is 7.86. The van der Waals surface area contributed by atoms with E-state index in [0.717, 1.165) is 0 Å². The Morgan fingerprint density at radius 2 is 1.85 bits per heavy atom. The van der Waals surface area contributed by atoms with Crippen LogP contribution in [0.3, 0.4) is 0 Å². The highest BCUT2D eigenvalue weighted by Crippen LogP contribution is 2.23. The van der Waals surface area contributed by atoms with Crippen LogP contribution in [0.2, 0.25) is 0 Å². The molecule has 1 heterocycles. The number of ether oxygens (including phenoxy) is 2. The first-order chi connectivity index (χ1) is 12.9. The summed E-state index contributed by atoms with van der Waals surface area (Å²) in [5.41, 5.74) is 1.24. The van der Waals surface area contributed by atoms with Gasteiger partial charge >= 0.3 is 6.16 Å². The molecule has 0 amide bonds. The molecule has 0 saturated carbocycles.